The van der Waals surface area contributed by atoms with Gasteiger partial charge in [0.25, 0.3) is 0 Å². The Balaban J connectivity index is 1.04. The molecule has 0 aliphatic carbocycles. The van der Waals surface area contributed by atoms with E-state index < -0.39 is 19.4 Å². The summed E-state index contributed by atoms with van der Waals surface area (Å²) in [4.78, 5) is 93.8. The summed E-state index contributed by atoms with van der Waals surface area (Å²) in [6, 6.07) is 6.51. The first-order valence-corrected chi connectivity index (χ1v) is 26.8. The molecule has 0 spiro atoms. The standard InChI is InChI=1S/C45H75N8O11PS/c1-32(33-14-10-15-34(28-33)44(60)61)51-29-35(54)30-65(63,64)27-9-3-8-23-47-40(57)19-11-25-49-42(59)21-13-26-50-41(58)20-12-24-48-38(55)17-4-2-7-22-46-39(56)18-6-5-16-37-43-36(31-66-37)52-45(62)53-43/h10,14-15,28,32,35-37,43,51,54H,2-9,11-13,16-27,29-31H2,1H3,(H,46,56)(H,47,57)(H,48,55)(H,49,59)(H,50,58)(H,60,61)(H,63,64)(H2,52,53,62)/t32-,35+,36-,37-,43-/m1/s1. The van der Waals surface area contributed by atoms with Crippen molar-refractivity contribution >= 4 is 60.7 Å². The summed E-state index contributed by atoms with van der Waals surface area (Å²) in [5.41, 5.74) is 0.884. The number of benzene rings is 1. The zero-order valence-corrected chi connectivity index (χ0v) is 40.3. The summed E-state index contributed by atoms with van der Waals surface area (Å²) in [6.07, 6.45) is 8.63. The predicted octanol–water partition coefficient (Wildman–Crippen LogP) is 3.04. The lowest BCUT2D eigenvalue weighted by Gasteiger charge is -2.20. The number of aromatic carboxylic acids is 1. The van der Waals surface area contributed by atoms with Crippen molar-refractivity contribution in [2.75, 3.05) is 57.3 Å². The van der Waals surface area contributed by atoms with Crippen LogP contribution in [0.15, 0.2) is 24.3 Å². The van der Waals surface area contributed by atoms with Gasteiger partial charge >= 0.3 is 12.0 Å². The SMILES string of the molecule is C[C@@H](NC[C@H](O)CP(=O)(O)CCCCCNC(=O)CCCNC(=O)CCCNC(=O)CCCNC(=O)CCCCCNC(=O)CCCC[C@H]1SC[C@H]2NC(=O)N[C@H]21)c1cccc(C(=O)O)c1. The van der Waals surface area contributed by atoms with Crippen LogP contribution in [0.3, 0.4) is 0 Å². The zero-order chi connectivity index (χ0) is 48.2. The molecule has 0 radical (unpaired) electrons. The molecule has 7 amide bonds. The van der Waals surface area contributed by atoms with E-state index in [1.54, 1.807) is 18.2 Å². The maximum Gasteiger partial charge on any atom is 0.335 e. The highest BCUT2D eigenvalue weighted by Gasteiger charge is 2.42. The number of aliphatic hydroxyl groups is 1. The molecule has 2 heterocycles. The van der Waals surface area contributed by atoms with Crippen molar-refractivity contribution in [2.45, 2.75) is 146 Å². The van der Waals surface area contributed by atoms with Crippen LogP contribution < -0.4 is 42.5 Å². The molecule has 2 aliphatic heterocycles. The van der Waals surface area contributed by atoms with Crippen LogP contribution in [0.4, 0.5) is 4.79 Å². The largest absolute Gasteiger partial charge is 0.478 e. The first kappa shape index (κ1) is 56.1. The van der Waals surface area contributed by atoms with Gasteiger partial charge in [0.05, 0.1) is 29.9 Å². The number of carboxylic acids is 1. The number of fused-ring (bicyclic) bond motifs is 1. The summed E-state index contributed by atoms with van der Waals surface area (Å²) in [5.74, 6) is -0.587. The Morgan fingerprint density at radius 1 is 0.712 bits per heavy atom. The zero-order valence-electron chi connectivity index (χ0n) is 38.5. The van der Waals surface area contributed by atoms with Gasteiger partial charge in [-0.3, -0.25) is 28.5 Å². The van der Waals surface area contributed by atoms with Crippen LogP contribution in [-0.4, -0.2) is 137 Å². The molecule has 0 bridgehead atoms. The normalized spacial score (nSPS) is 18.2. The molecule has 3 rings (SSSR count). The summed E-state index contributed by atoms with van der Waals surface area (Å²) in [5, 5.41) is 43.1. The van der Waals surface area contributed by atoms with Crippen molar-refractivity contribution in [1.82, 2.24) is 42.5 Å². The van der Waals surface area contributed by atoms with Crippen LogP contribution in [0.25, 0.3) is 0 Å². The first-order chi connectivity index (χ1) is 31.6. The monoisotopic (exact) mass is 967 g/mol. The van der Waals surface area contributed by atoms with E-state index in [1.165, 1.54) is 6.07 Å². The van der Waals surface area contributed by atoms with Gasteiger partial charge in [0.15, 0.2) is 0 Å². The number of unbranched alkanes of at least 4 members (excludes halogenated alkanes) is 5. The maximum absolute atomic E-state index is 12.6. The molecular weight excluding hydrogens is 892 g/mol. The van der Waals surface area contributed by atoms with E-state index >= 15 is 0 Å². The van der Waals surface area contributed by atoms with Crippen LogP contribution in [-0.2, 0) is 28.5 Å². The smallest absolute Gasteiger partial charge is 0.335 e. The van der Waals surface area contributed by atoms with E-state index in [-0.39, 0.29) is 97.4 Å². The topological polar surface area (TPSA) is 293 Å². The Hall–Kier alpha value is -4.23. The van der Waals surface area contributed by atoms with Gasteiger partial charge in [-0.05, 0) is 82.4 Å². The highest BCUT2D eigenvalue weighted by atomic mass is 32.2. The summed E-state index contributed by atoms with van der Waals surface area (Å²) in [7, 11) is -3.56. The summed E-state index contributed by atoms with van der Waals surface area (Å²) in [6.45, 7) is 4.00. The molecule has 66 heavy (non-hydrogen) atoms. The van der Waals surface area contributed by atoms with Crippen molar-refractivity contribution in [3.05, 3.63) is 35.4 Å². The highest BCUT2D eigenvalue weighted by Crippen LogP contribution is 2.42. The molecule has 2 aliphatic rings. The fraction of sp³-hybridized carbons (Fsp3) is 0.711. The number of urea groups is 1. The average molecular weight is 967 g/mol. The molecule has 0 aromatic heterocycles. The second kappa shape index (κ2) is 31.7. The predicted molar refractivity (Wildman–Crippen MR) is 254 cm³/mol. The van der Waals surface area contributed by atoms with E-state index in [1.807, 2.05) is 18.7 Å². The molecule has 2 saturated heterocycles. The Bertz CT molecular complexity index is 1760. The Morgan fingerprint density at radius 2 is 1.21 bits per heavy atom. The third kappa shape index (κ3) is 24.5. The number of carboxylic acid groups (broad SMARTS) is 1. The Labute approximate surface area is 393 Å². The van der Waals surface area contributed by atoms with E-state index in [4.69, 9.17) is 0 Å². The lowest BCUT2D eigenvalue weighted by Crippen LogP contribution is -2.36. The minimum absolute atomic E-state index is 0.0427. The van der Waals surface area contributed by atoms with Crippen LogP contribution in [0.1, 0.15) is 138 Å². The maximum atomic E-state index is 12.6. The van der Waals surface area contributed by atoms with Crippen LogP contribution in [0, 0.1) is 0 Å². The highest BCUT2D eigenvalue weighted by molar-refractivity contribution is 8.00. The quantitative estimate of drug-likeness (QED) is 0.0262. The van der Waals surface area contributed by atoms with Crippen molar-refractivity contribution in [1.29, 1.82) is 0 Å². The summed E-state index contributed by atoms with van der Waals surface area (Å²) < 4.78 is 12.6. The molecule has 1 unspecified atom stereocenters. The Kier molecular flexibility index (Phi) is 26.9. The van der Waals surface area contributed by atoms with Crippen LogP contribution in [0.5, 0.6) is 0 Å². The van der Waals surface area contributed by atoms with Gasteiger partial charge in [-0.2, -0.15) is 11.8 Å². The third-order valence-electron chi connectivity index (χ3n) is 11.5. The molecule has 6 atom stereocenters. The number of nitrogens with one attached hydrogen (secondary N) is 8. The molecule has 2 fully saturated rings. The minimum atomic E-state index is -3.56. The van der Waals surface area contributed by atoms with E-state index in [0.717, 1.165) is 43.4 Å². The number of hydrogen-bond donors (Lipinski definition) is 11. The second-order valence-corrected chi connectivity index (χ2v) is 21.0. The fourth-order valence-corrected chi connectivity index (χ4v) is 10.9. The molecule has 19 nitrogen and oxygen atoms in total. The Morgan fingerprint density at radius 3 is 1.76 bits per heavy atom. The van der Waals surface area contributed by atoms with Crippen LogP contribution >= 0.6 is 19.1 Å². The first-order valence-electron chi connectivity index (χ1n) is 23.7. The van der Waals surface area contributed by atoms with Gasteiger partial charge in [-0.25, -0.2) is 9.59 Å². The van der Waals surface area contributed by atoms with E-state index in [0.29, 0.717) is 95.8 Å². The molecule has 0 saturated carbocycles. The lowest BCUT2D eigenvalue weighted by atomic mass is 10.0. The molecular formula is C45H75N8O11PS. The number of amides is 7. The minimum Gasteiger partial charge on any atom is -0.478 e. The van der Waals surface area contributed by atoms with E-state index in [2.05, 4.69) is 42.5 Å². The summed E-state index contributed by atoms with van der Waals surface area (Å²) >= 11 is 1.88. The van der Waals surface area contributed by atoms with Gasteiger partial charge < -0.3 is 57.6 Å². The van der Waals surface area contributed by atoms with Crippen molar-refractivity contribution in [3.63, 3.8) is 0 Å². The number of aliphatic hydroxyl groups excluding tert-OH is 1. The van der Waals surface area contributed by atoms with Crippen molar-refractivity contribution < 1.29 is 53.2 Å². The molecule has 1 aromatic rings. The lowest BCUT2D eigenvalue weighted by molar-refractivity contribution is -0.123. The van der Waals surface area contributed by atoms with Gasteiger partial charge in [0.2, 0.25) is 36.9 Å². The number of carbonyl (C=O) groups excluding carboxylic acids is 6. The van der Waals surface area contributed by atoms with Gasteiger partial charge in [0.1, 0.15) is 0 Å². The molecule has 11 N–H and O–H groups in total. The van der Waals surface area contributed by atoms with E-state index in [9.17, 15) is 53.2 Å². The van der Waals surface area contributed by atoms with Crippen molar-refractivity contribution in [3.8, 4) is 0 Å². The average Bonchev–Trinajstić information content (AvgIpc) is 3.84. The number of carbonyl (C=O) groups is 7. The second-order valence-electron chi connectivity index (χ2n) is 17.3. The van der Waals surface area contributed by atoms with Crippen LogP contribution in [0.2, 0.25) is 0 Å². The third-order valence-corrected chi connectivity index (χ3v) is 15.0. The van der Waals surface area contributed by atoms with Gasteiger partial charge in [-0.1, -0.05) is 31.4 Å². The van der Waals surface area contributed by atoms with Crippen molar-refractivity contribution in [2.24, 2.45) is 0 Å². The van der Waals surface area contributed by atoms with Gasteiger partial charge in [0, 0.05) is 94.6 Å². The fourth-order valence-electron chi connectivity index (χ4n) is 7.71. The molecule has 21 heteroatoms. The molecule has 1 aromatic carbocycles. The number of rotatable bonds is 36. The number of hydrogen-bond acceptors (Lipinski definition) is 11. The number of thioether (sulfide) groups is 1. The molecule has 372 valence electrons. The van der Waals surface area contributed by atoms with Gasteiger partial charge in [-0.15, -0.1) is 0 Å².